The maximum atomic E-state index is 13.4. The highest BCUT2D eigenvalue weighted by molar-refractivity contribution is 9.12. The van der Waals surface area contributed by atoms with E-state index >= 15 is 0 Å². The molecule has 0 saturated carbocycles. The van der Waals surface area contributed by atoms with Crippen molar-refractivity contribution >= 4 is 40.1 Å². The fraction of sp³-hybridized carbons (Fsp3) is 0.680. The average Bonchev–Trinajstić information content (AvgIpc) is 2.70. The Labute approximate surface area is 224 Å². The number of aliphatic imine (C=N–C) groups is 1. The monoisotopic (exact) mass is 571 g/mol. The summed E-state index contributed by atoms with van der Waals surface area (Å²) in [5.41, 5.74) is -0.457. The third kappa shape index (κ3) is 10.6. The van der Waals surface area contributed by atoms with E-state index in [0.29, 0.717) is 6.42 Å². The van der Waals surface area contributed by atoms with Crippen molar-refractivity contribution in [1.29, 1.82) is 0 Å². The molecule has 4 amide bonds. The highest BCUT2D eigenvalue weighted by atomic mass is 79.9. The number of nitrogens with zero attached hydrogens (tertiary/aromatic N) is 5. The number of ether oxygens (including phenoxy) is 2. The number of halogens is 1. The summed E-state index contributed by atoms with van der Waals surface area (Å²) in [7, 11) is 3.27. The van der Waals surface area contributed by atoms with Crippen molar-refractivity contribution < 1.29 is 23.9 Å². The number of amides is 4. The molecule has 11 heteroatoms. The Morgan fingerprint density at radius 2 is 1.56 bits per heavy atom. The normalized spacial score (nSPS) is 16.4. The van der Waals surface area contributed by atoms with Crippen molar-refractivity contribution in [2.75, 3.05) is 34.0 Å². The van der Waals surface area contributed by atoms with E-state index < -0.39 is 23.4 Å². The van der Waals surface area contributed by atoms with Gasteiger partial charge in [0.1, 0.15) is 11.2 Å². The summed E-state index contributed by atoms with van der Waals surface area (Å²) >= 11 is 3.58. The van der Waals surface area contributed by atoms with Crippen LogP contribution in [-0.2, 0) is 9.47 Å². The van der Waals surface area contributed by atoms with E-state index in [9.17, 15) is 14.4 Å². The number of hydrogen-bond acceptors (Lipinski definition) is 5. The molecule has 0 aromatic rings. The molecule has 0 atom stereocenters. The first-order valence-corrected chi connectivity index (χ1v) is 12.8. The van der Waals surface area contributed by atoms with E-state index in [1.165, 1.54) is 14.7 Å². The van der Waals surface area contributed by atoms with Crippen LogP contribution in [0.2, 0.25) is 0 Å². The maximum Gasteiger partial charge on any atom is 0.437 e. The molecule has 1 heterocycles. The van der Waals surface area contributed by atoms with Gasteiger partial charge in [0.05, 0.1) is 13.3 Å². The molecule has 0 aliphatic carbocycles. The number of allylic oxidation sites excluding steroid dienone is 3. The van der Waals surface area contributed by atoms with E-state index in [0.717, 1.165) is 16.5 Å². The summed E-state index contributed by atoms with van der Waals surface area (Å²) in [6.07, 6.45) is 3.92. The van der Waals surface area contributed by atoms with E-state index in [2.05, 4.69) is 33.9 Å². The van der Waals surface area contributed by atoms with Crippen LogP contribution in [0.25, 0.3) is 0 Å². The zero-order valence-corrected chi connectivity index (χ0v) is 24.9. The van der Waals surface area contributed by atoms with Crippen molar-refractivity contribution in [3.05, 3.63) is 22.2 Å². The molecule has 0 spiro atoms. The minimum Gasteiger partial charge on any atom is -0.443 e. The molecule has 1 aliphatic heterocycles. The van der Waals surface area contributed by atoms with Gasteiger partial charge >= 0.3 is 18.2 Å². The van der Waals surface area contributed by atoms with Crippen molar-refractivity contribution in [1.82, 2.24) is 19.6 Å². The Balaban J connectivity index is 3.47. The van der Waals surface area contributed by atoms with E-state index in [4.69, 9.17) is 9.47 Å². The third-order valence-electron chi connectivity index (χ3n) is 4.70. The fourth-order valence-corrected chi connectivity index (χ4v) is 3.63. The predicted molar refractivity (Wildman–Crippen MR) is 145 cm³/mol. The summed E-state index contributed by atoms with van der Waals surface area (Å²) in [6, 6.07) is -0.184. The van der Waals surface area contributed by atoms with Crippen LogP contribution in [0.1, 0.15) is 68.2 Å². The molecule has 1 aliphatic rings. The van der Waals surface area contributed by atoms with Gasteiger partial charge in [0.2, 0.25) is 5.96 Å². The largest absolute Gasteiger partial charge is 0.443 e. The SMILES string of the molecule is CC/C=C(C)\C(Br)=C/CCN(C(=O)OC(C)(C)C)/C(=N/C(=O)OC(C)(C)C)N1CN(C)C(=O)N(C)C1. The Morgan fingerprint density at radius 1 is 1.03 bits per heavy atom. The van der Waals surface area contributed by atoms with Crippen molar-refractivity contribution in [2.45, 2.75) is 79.4 Å². The van der Waals surface area contributed by atoms with Crippen molar-refractivity contribution in [2.24, 2.45) is 4.99 Å². The first-order valence-electron chi connectivity index (χ1n) is 12.0. The highest BCUT2D eigenvalue weighted by Crippen LogP contribution is 2.20. The van der Waals surface area contributed by atoms with Crippen LogP contribution >= 0.6 is 15.9 Å². The molecule has 0 aromatic carbocycles. The first-order chi connectivity index (χ1) is 16.4. The lowest BCUT2D eigenvalue weighted by Crippen LogP contribution is -2.61. The summed E-state index contributed by atoms with van der Waals surface area (Å²) in [5.74, 6) is 0.0510. The molecule has 0 N–H and O–H groups in total. The minimum absolute atomic E-state index is 0.0510. The number of carbonyl (C=O) groups excluding carboxylic acids is 3. The second-order valence-corrected chi connectivity index (χ2v) is 11.5. The molecule has 0 radical (unpaired) electrons. The van der Waals surface area contributed by atoms with Gasteiger partial charge in [-0.15, -0.1) is 4.99 Å². The molecule has 0 unspecified atom stereocenters. The van der Waals surface area contributed by atoms with E-state index in [1.54, 1.807) is 60.5 Å². The molecule has 204 valence electrons. The van der Waals surface area contributed by atoms with Gasteiger partial charge < -0.3 is 24.2 Å². The lowest BCUT2D eigenvalue weighted by Gasteiger charge is -2.42. The van der Waals surface area contributed by atoms with Gasteiger partial charge in [0.25, 0.3) is 0 Å². The molecule has 0 aromatic heterocycles. The van der Waals surface area contributed by atoms with Crippen LogP contribution in [0.5, 0.6) is 0 Å². The van der Waals surface area contributed by atoms with E-state index in [-0.39, 0.29) is 31.9 Å². The number of rotatable bonds is 5. The Morgan fingerprint density at radius 3 is 2.03 bits per heavy atom. The highest BCUT2D eigenvalue weighted by Gasteiger charge is 2.35. The summed E-state index contributed by atoms with van der Waals surface area (Å²) in [4.78, 5) is 48.6. The Kier molecular flexibility index (Phi) is 11.5. The molecule has 1 fully saturated rings. The van der Waals surface area contributed by atoms with Gasteiger partial charge in [0, 0.05) is 25.1 Å². The molecule has 10 nitrogen and oxygen atoms in total. The average molecular weight is 573 g/mol. The maximum absolute atomic E-state index is 13.4. The minimum atomic E-state index is -0.841. The van der Waals surface area contributed by atoms with Gasteiger partial charge in [-0.05, 0) is 66.9 Å². The second kappa shape index (κ2) is 13.1. The van der Waals surface area contributed by atoms with Gasteiger partial charge in [-0.25, -0.2) is 19.3 Å². The molecular formula is C25H42BrN5O5. The van der Waals surface area contributed by atoms with Gasteiger partial charge in [-0.3, -0.25) is 0 Å². The lowest BCUT2D eigenvalue weighted by molar-refractivity contribution is 0.0315. The molecule has 1 saturated heterocycles. The number of guanidine groups is 1. The topological polar surface area (TPSA) is 95.0 Å². The fourth-order valence-electron chi connectivity index (χ4n) is 3.24. The molecule has 36 heavy (non-hydrogen) atoms. The van der Waals surface area contributed by atoms with Gasteiger partial charge in [-0.2, -0.15) is 0 Å². The lowest BCUT2D eigenvalue weighted by atomic mass is 10.2. The zero-order chi connectivity index (χ0) is 27.8. The van der Waals surface area contributed by atoms with Crippen molar-refractivity contribution in [3.8, 4) is 0 Å². The quantitative estimate of drug-likeness (QED) is 0.236. The van der Waals surface area contributed by atoms with Crippen LogP contribution in [0.15, 0.2) is 27.2 Å². The van der Waals surface area contributed by atoms with E-state index in [1.807, 2.05) is 13.0 Å². The Hall–Kier alpha value is -2.56. The second-order valence-electron chi connectivity index (χ2n) is 10.7. The number of hydrogen-bond donors (Lipinski definition) is 0. The standard InChI is InChI=1S/C25H42BrN5O5/c1-11-13-18(2)19(26)14-12-15-31(23(34)36-25(6,7)8)20(27-21(32)35-24(3,4)5)30-16-28(9)22(33)29(10)17-30/h13-14H,11-12,15-17H2,1-10H3/b18-13-,19-14+,27-20+. The van der Waals surface area contributed by atoms with Gasteiger partial charge in [0.15, 0.2) is 0 Å². The summed E-state index contributed by atoms with van der Waals surface area (Å²) in [5, 5.41) is 0. The molecular weight excluding hydrogens is 530 g/mol. The number of urea groups is 1. The van der Waals surface area contributed by atoms with Crippen LogP contribution in [0, 0.1) is 0 Å². The molecule has 1 rings (SSSR count). The first kappa shape index (κ1) is 31.5. The third-order valence-corrected chi connectivity index (χ3v) is 5.65. The van der Waals surface area contributed by atoms with Crippen LogP contribution in [0.4, 0.5) is 14.4 Å². The zero-order valence-electron chi connectivity index (χ0n) is 23.3. The summed E-state index contributed by atoms with van der Waals surface area (Å²) < 4.78 is 12.0. The smallest absolute Gasteiger partial charge is 0.437 e. The van der Waals surface area contributed by atoms with Crippen LogP contribution < -0.4 is 0 Å². The number of carbonyl (C=O) groups is 3. The summed E-state index contributed by atoms with van der Waals surface area (Å²) in [6.45, 7) is 15.0. The Bertz CT molecular complexity index is 887. The van der Waals surface area contributed by atoms with Crippen molar-refractivity contribution in [3.63, 3.8) is 0 Å². The van der Waals surface area contributed by atoms with Gasteiger partial charge in [-0.1, -0.05) is 35.0 Å². The molecule has 0 bridgehead atoms. The van der Waals surface area contributed by atoms with Crippen LogP contribution in [-0.4, -0.2) is 89.0 Å². The predicted octanol–water partition coefficient (Wildman–Crippen LogP) is 5.75. The van der Waals surface area contributed by atoms with Crippen LogP contribution in [0.3, 0.4) is 0 Å².